The third kappa shape index (κ3) is 4.09. The van der Waals surface area contributed by atoms with E-state index in [-0.39, 0.29) is 11.7 Å². The molecular weight excluding hydrogens is 367 g/mol. The van der Waals surface area contributed by atoms with Crippen LogP contribution >= 0.6 is 35.4 Å². The van der Waals surface area contributed by atoms with Crippen molar-refractivity contribution in [3.63, 3.8) is 0 Å². The Morgan fingerprint density at radius 2 is 1.92 bits per heavy atom. The zero-order valence-corrected chi connectivity index (χ0v) is 15.1. The number of halogens is 2. The highest BCUT2D eigenvalue weighted by atomic mass is 35.5. The van der Waals surface area contributed by atoms with Gasteiger partial charge in [-0.3, -0.25) is 10.1 Å². The van der Waals surface area contributed by atoms with Crippen LogP contribution in [-0.4, -0.2) is 17.1 Å². The molecule has 0 aliphatic heterocycles. The summed E-state index contributed by atoms with van der Waals surface area (Å²) in [5.74, 6) is 0.282. The van der Waals surface area contributed by atoms with Gasteiger partial charge in [-0.25, -0.2) is 0 Å². The third-order valence-corrected chi connectivity index (χ3v) is 4.71. The van der Waals surface area contributed by atoms with E-state index in [2.05, 4.69) is 10.6 Å². The normalized spacial score (nSPS) is 14.6. The highest BCUT2D eigenvalue weighted by Crippen LogP contribution is 2.31. The van der Waals surface area contributed by atoms with E-state index < -0.39 is 0 Å². The summed E-state index contributed by atoms with van der Waals surface area (Å²) >= 11 is 17.2. The van der Waals surface area contributed by atoms with E-state index in [1.54, 1.807) is 30.3 Å². The second-order valence-corrected chi connectivity index (χ2v) is 6.95. The molecule has 1 aromatic heterocycles. The molecule has 1 aliphatic rings. The largest absolute Gasteiger partial charge is 0.451 e. The van der Waals surface area contributed by atoms with Crippen LogP contribution in [0.25, 0.3) is 11.3 Å². The third-order valence-electron chi connectivity index (χ3n) is 3.94. The summed E-state index contributed by atoms with van der Waals surface area (Å²) in [4.78, 5) is 12.2. The first kappa shape index (κ1) is 17.3. The Kier molecular flexibility index (Phi) is 5.43. The minimum atomic E-state index is -0.387. The summed E-state index contributed by atoms with van der Waals surface area (Å²) in [5.41, 5.74) is 0.673. The van der Waals surface area contributed by atoms with Crippen molar-refractivity contribution in [3.8, 4) is 11.3 Å². The molecule has 24 heavy (non-hydrogen) atoms. The van der Waals surface area contributed by atoms with Gasteiger partial charge in [-0.05, 0) is 55.4 Å². The molecule has 4 nitrogen and oxygen atoms in total. The van der Waals surface area contributed by atoms with Crippen molar-refractivity contribution in [2.45, 2.75) is 31.7 Å². The van der Waals surface area contributed by atoms with E-state index in [0.29, 0.717) is 32.5 Å². The molecule has 1 amide bonds. The number of furan rings is 1. The highest BCUT2D eigenvalue weighted by Gasteiger charge is 2.18. The number of benzene rings is 1. The van der Waals surface area contributed by atoms with E-state index in [9.17, 15) is 4.79 Å². The summed E-state index contributed by atoms with van der Waals surface area (Å²) in [5, 5.41) is 7.13. The van der Waals surface area contributed by atoms with Gasteiger partial charge in [-0.15, -0.1) is 0 Å². The molecule has 2 N–H and O–H groups in total. The zero-order chi connectivity index (χ0) is 17.1. The molecule has 0 spiro atoms. The Morgan fingerprint density at radius 1 is 1.17 bits per heavy atom. The molecule has 0 saturated heterocycles. The lowest BCUT2D eigenvalue weighted by atomic mass is 10.2. The number of amides is 1. The standard InChI is InChI=1S/C17H16Cl2N2O2S/c18-10-5-6-12(13(19)9-10)14-7-8-15(23-14)16(22)21-17(24)20-11-3-1-2-4-11/h5-9,11H,1-4H2,(H2,20,21,22,24). The van der Waals surface area contributed by atoms with E-state index in [4.69, 9.17) is 39.8 Å². The molecule has 0 unspecified atom stereocenters. The van der Waals surface area contributed by atoms with Crippen molar-refractivity contribution in [2.75, 3.05) is 0 Å². The van der Waals surface area contributed by atoms with E-state index in [1.807, 2.05) is 0 Å². The van der Waals surface area contributed by atoms with Crippen LogP contribution in [0.2, 0.25) is 10.0 Å². The second-order valence-electron chi connectivity index (χ2n) is 5.70. The number of thiocarbonyl (C=S) groups is 1. The van der Waals surface area contributed by atoms with Crippen LogP contribution in [0.4, 0.5) is 0 Å². The number of hydrogen-bond donors (Lipinski definition) is 2. The Balaban J connectivity index is 1.66. The molecular formula is C17H16Cl2N2O2S. The lowest BCUT2D eigenvalue weighted by Gasteiger charge is -2.14. The summed E-state index contributed by atoms with van der Waals surface area (Å²) in [6, 6.07) is 8.72. The van der Waals surface area contributed by atoms with Crippen molar-refractivity contribution in [2.24, 2.45) is 0 Å². The molecule has 0 atom stereocenters. The maximum absolute atomic E-state index is 12.2. The number of hydrogen-bond acceptors (Lipinski definition) is 3. The SMILES string of the molecule is O=C(NC(=S)NC1CCCC1)c1ccc(-c2ccc(Cl)cc2Cl)o1. The summed E-state index contributed by atoms with van der Waals surface area (Å²) in [7, 11) is 0. The van der Waals surface area contributed by atoms with E-state index in [0.717, 1.165) is 12.8 Å². The minimum absolute atomic E-state index is 0.173. The van der Waals surface area contributed by atoms with Crippen molar-refractivity contribution in [1.82, 2.24) is 10.6 Å². The number of nitrogens with one attached hydrogen (secondary N) is 2. The van der Waals surface area contributed by atoms with Crippen LogP contribution < -0.4 is 10.6 Å². The predicted molar refractivity (Wildman–Crippen MR) is 99.6 cm³/mol. The lowest BCUT2D eigenvalue weighted by molar-refractivity contribution is 0.0950. The van der Waals surface area contributed by atoms with Crippen LogP contribution in [-0.2, 0) is 0 Å². The predicted octanol–water partition coefficient (Wildman–Crippen LogP) is 4.80. The van der Waals surface area contributed by atoms with Gasteiger partial charge in [0.1, 0.15) is 5.76 Å². The molecule has 1 saturated carbocycles. The maximum Gasteiger partial charge on any atom is 0.293 e. The minimum Gasteiger partial charge on any atom is -0.451 e. The fraction of sp³-hybridized carbons (Fsp3) is 0.294. The van der Waals surface area contributed by atoms with Gasteiger partial charge in [-0.2, -0.15) is 0 Å². The van der Waals surface area contributed by atoms with Crippen molar-refractivity contribution in [1.29, 1.82) is 0 Å². The van der Waals surface area contributed by atoms with Gasteiger partial charge in [0.15, 0.2) is 10.9 Å². The Labute approximate surface area is 155 Å². The first-order valence-corrected chi connectivity index (χ1v) is 8.86. The van der Waals surface area contributed by atoms with Gasteiger partial charge in [0.05, 0.1) is 5.02 Å². The quantitative estimate of drug-likeness (QED) is 0.748. The van der Waals surface area contributed by atoms with Crippen LogP contribution in [0.5, 0.6) is 0 Å². The molecule has 2 aromatic rings. The second kappa shape index (κ2) is 7.55. The Hall–Kier alpha value is -1.56. The topological polar surface area (TPSA) is 54.3 Å². The van der Waals surface area contributed by atoms with Crippen LogP contribution in [0.1, 0.15) is 36.2 Å². The smallest absolute Gasteiger partial charge is 0.293 e. The number of rotatable bonds is 3. The summed E-state index contributed by atoms with van der Waals surface area (Å²) < 4.78 is 5.60. The first-order chi connectivity index (χ1) is 11.5. The zero-order valence-electron chi connectivity index (χ0n) is 12.8. The maximum atomic E-state index is 12.2. The Morgan fingerprint density at radius 3 is 2.62 bits per heavy atom. The monoisotopic (exact) mass is 382 g/mol. The molecule has 1 aromatic carbocycles. The van der Waals surface area contributed by atoms with Gasteiger partial charge in [0.25, 0.3) is 5.91 Å². The van der Waals surface area contributed by atoms with E-state index in [1.165, 1.54) is 12.8 Å². The van der Waals surface area contributed by atoms with Gasteiger partial charge >= 0.3 is 0 Å². The number of carbonyl (C=O) groups is 1. The molecule has 126 valence electrons. The average Bonchev–Trinajstić information content (AvgIpc) is 3.18. The Bertz CT molecular complexity index is 770. The molecule has 1 fully saturated rings. The van der Waals surface area contributed by atoms with Gasteiger partial charge in [-0.1, -0.05) is 36.0 Å². The fourth-order valence-electron chi connectivity index (χ4n) is 2.75. The van der Waals surface area contributed by atoms with Gasteiger partial charge in [0.2, 0.25) is 0 Å². The van der Waals surface area contributed by atoms with Crippen LogP contribution in [0, 0.1) is 0 Å². The van der Waals surface area contributed by atoms with Gasteiger partial charge < -0.3 is 9.73 Å². The summed E-state index contributed by atoms with van der Waals surface area (Å²) in [6.07, 6.45) is 4.54. The lowest BCUT2D eigenvalue weighted by Crippen LogP contribution is -2.43. The average molecular weight is 383 g/mol. The van der Waals surface area contributed by atoms with Crippen LogP contribution in [0.3, 0.4) is 0 Å². The van der Waals surface area contributed by atoms with Crippen LogP contribution in [0.15, 0.2) is 34.7 Å². The molecule has 0 bridgehead atoms. The molecule has 0 radical (unpaired) electrons. The van der Waals surface area contributed by atoms with Crippen molar-refractivity contribution in [3.05, 3.63) is 46.1 Å². The molecule has 1 aliphatic carbocycles. The highest BCUT2D eigenvalue weighted by molar-refractivity contribution is 7.80. The number of carbonyl (C=O) groups excluding carboxylic acids is 1. The fourth-order valence-corrected chi connectivity index (χ4v) is 3.51. The van der Waals surface area contributed by atoms with E-state index >= 15 is 0 Å². The molecule has 1 heterocycles. The van der Waals surface area contributed by atoms with Gasteiger partial charge in [0, 0.05) is 16.6 Å². The first-order valence-electron chi connectivity index (χ1n) is 7.70. The summed E-state index contributed by atoms with van der Waals surface area (Å²) in [6.45, 7) is 0. The molecule has 3 rings (SSSR count). The van der Waals surface area contributed by atoms with Crippen molar-refractivity contribution < 1.29 is 9.21 Å². The molecule has 7 heteroatoms. The van der Waals surface area contributed by atoms with Crippen molar-refractivity contribution >= 4 is 46.4 Å².